The van der Waals surface area contributed by atoms with E-state index in [0.29, 0.717) is 12.3 Å². The zero-order valence-electron chi connectivity index (χ0n) is 12.0. The number of nitrogens with zero attached hydrogens (tertiary/aromatic N) is 1. The maximum Gasteiger partial charge on any atom is 0.305 e. The first-order valence-electron chi connectivity index (χ1n) is 6.14. The third kappa shape index (κ3) is 3.02. The summed E-state index contributed by atoms with van der Waals surface area (Å²) in [6.07, 6.45) is 0. The number of methoxy groups -OCH3 is 2. The first kappa shape index (κ1) is 14.6. The van der Waals surface area contributed by atoms with Gasteiger partial charge in [0.1, 0.15) is 11.5 Å². The van der Waals surface area contributed by atoms with Crippen LogP contribution in [0.15, 0.2) is 23.0 Å². The minimum absolute atomic E-state index is 0.0678. The lowest BCUT2D eigenvalue weighted by atomic mass is 10.1. The Kier molecular flexibility index (Phi) is 4.46. The molecule has 108 valence electrons. The van der Waals surface area contributed by atoms with Crippen LogP contribution in [0.3, 0.4) is 0 Å². The van der Waals surface area contributed by atoms with E-state index in [1.54, 1.807) is 14.2 Å². The van der Waals surface area contributed by atoms with Gasteiger partial charge in [-0.1, -0.05) is 11.3 Å². The van der Waals surface area contributed by atoms with Crippen molar-refractivity contribution in [1.29, 1.82) is 0 Å². The highest BCUT2D eigenvalue weighted by atomic mass is 32.1. The predicted molar refractivity (Wildman–Crippen MR) is 80.9 cm³/mol. The fourth-order valence-corrected chi connectivity index (χ4v) is 2.95. The number of nitrogens with one attached hydrogen (secondary N) is 1. The van der Waals surface area contributed by atoms with E-state index in [0.717, 1.165) is 21.9 Å². The Morgan fingerprint density at radius 1 is 1.25 bits per heavy atom. The van der Waals surface area contributed by atoms with Crippen molar-refractivity contribution < 1.29 is 9.47 Å². The number of benzene rings is 1. The molecule has 0 saturated heterocycles. The van der Waals surface area contributed by atoms with Crippen molar-refractivity contribution in [3.05, 3.63) is 32.7 Å². The van der Waals surface area contributed by atoms with Gasteiger partial charge in [-0.15, -0.1) is 0 Å². The molecule has 5 nitrogen and oxygen atoms in total. The molecule has 20 heavy (non-hydrogen) atoms. The molecule has 2 rings (SSSR count). The fourth-order valence-electron chi connectivity index (χ4n) is 1.99. The van der Waals surface area contributed by atoms with E-state index >= 15 is 0 Å². The van der Waals surface area contributed by atoms with Crippen molar-refractivity contribution in [2.45, 2.75) is 6.54 Å². The van der Waals surface area contributed by atoms with Crippen LogP contribution < -0.4 is 14.3 Å². The third-order valence-corrected chi connectivity index (χ3v) is 3.72. The average molecular weight is 294 g/mol. The van der Waals surface area contributed by atoms with Crippen LogP contribution in [0.4, 0.5) is 0 Å². The van der Waals surface area contributed by atoms with Gasteiger partial charge in [0, 0.05) is 17.0 Å². The molecule has 6 heteroatoms. The van der Waals surface area contributed by atoms with Crippen LogP contribution >= 0.6 is 11.3 Å². The van der Waals surface area contributed by atoms with E-state index in [1.165, 1.54) is 11.3 Å². The van der Waals surface area contributed by atoms with Crippen LogP contribution in [0.25, 0.3) is 11.3 Å². The maximum absolute atomic E-state index is 11.7. The Morgan fingerprint density at radius 2 is 2.00 bits per heavy atom. The molecule has 1 heterocycles. The SMILES string of the molecule is COc1ccc(OC)c(-c2[nH]c(=O)sc2CN(C)C)c1. The molecule has 1 aromatic carbocycles. The monoisotopic (exact) mass is 294 g/mol. The Balaban J connectivity index is 2.57. The second-order valence-electron chi connectivity index (χ2n) is 4.62. The summed E-state index contributed by atoms with van der Waals surface area (Å²) in [6.45, 7) is 0.694. The lowest BCUT2D eigenvalue weighted by molar-refractivity contribution is 0.402. The van der Waals surface area contributed by atoms with Gasteiger partial charge in [-0.3, -0.25) is 4.79 Å². The topological polar surface area (TPSA) is 54.6 Å². The summed E-state index contributed by atoms with van der Waals surface area (Å²) in [5, 5.41) is 0. The second kappa shape index (κ2) is 6.11. The average Bonchev–Trinajstić information content (AvgIpc) is 2.77. The third-order valence-electron chi connectivity index (χ3n) is 2.86. The number of thiazole rings is 1. The zero-order valence-corrected chi connectivity index (χ0v) is 12.8. The number of ether oxygens (including phenoxy) is 2. The van der Waals surface area contributed by atoms with Gasteiger partial charge >= 0.3 is 4.87 Å². The van der Waals surface area contributed by atoms with Crippen LogP contribution in [0.5, 0.6) is 11.5 Å². The largest absolute Gasteiger partial charge is 0.497 e. The predicted octanol–water partition coefficient (Wildman–Crippen LogP) is 2.18. The molecule has 0 bridgehead atoms. The summed E-state index contributed by atoms with van der Waals surface area (Å²) < 4.78 is 10.6. The zero-order chi connectivity index (χ0) is 14.7. The lowest BCUT2D eigenvalue weighted by Crippen LogP contribution is -2.10. The molecular weight excluding hydrogens is 276 g/mol. The minimum atomic E-state index is -0.0678. The molecule has 0 aliphatic heterocycles. The highest BCUT2D eigenvalue weighted by molar-refractivity contribution is 7.09. The summed E-state index contributed by atoms with van der Waals surface area (Å²) in [7, 11) is 7.16. The van der Waals surface area contributed by atoms with Crippen LogP contribution in [0, 0.1) is 0 Å². The first-order valence-corrected chi connectivity index (χ1v) is 6.96. The smallest absolute Gasteiger partial charge is 0.305 e. The Bertz CT molecular complexity index is 646. The molecule has 0 amide bonds. The molecule has 0 atom stereocenters. The molecule has 1 N–H and O–H groups in total. The van der Waals surface area contributed by atoms with Crippen LogP contribution in [-0.4, -0.2) is 38.2 Å². The van der Waals surface area contributed by atoms with Gasteiger partial charge in [-0.05, 0) is 32.3 Å². The lowest BCUT2D eigenvalue weighted by Gasteiger charge is -2.13. The maximum atomic E-state index is 11.7. The van der Waals surface area contributed by atoms with Gasteiger partial charge in [-0.2, -0.15) is 0 Å². The van der Waals surface area contributed by atoms with Crippen LogP contribution in [0.1, 0.15) is 4.88 Å². The van der Waals surface area contributed by atoms with E-state index in [2.05, 4.69) is 4.98 Å². The number of hydrogen-bond donors (Lipinski definition) is 1. The Morgan fingerprint density at radius 3 is 2.60 bits per heavy atom. The van der Waals surface area contributed by atoms with Crippen molar-refractivity contribution in [3.8, 4) is 22.8 Å². The minimum Gasteiger partial charge on any atom is -0.497 e. The van der Waals surface area contributed by atoms with E-state index in [9.17, 15) is 4.79 Å². The molecule has 0 fully saturated rings. The highest BCUT2D eigenvalue weighted by Gasteiger charge is 2.16. The molecule has 0 aliphatic rings. The summed E-state index contributed by atoms with van der Waals surface area (Å²) >= 11 is 1.22. The molecule has 0 unspecified atom stereocenters. The molecule has 0 aliphatic carbocycles. The van der Waals surface area contributed by atoms with E-state index in [4.69, 9.17) is 9.47 Å². The molecule has 0 saturated carbocycles. The molecule has 2 aromatic rings. The van der Waals surface area contributed by atoms with Crippen molar-refractivity contribution in [1.82, 2.24) is 9.88 Å². The van der Waals surface area contributed by atoms with Crippen LogP contribution in [0.2, 0.25) is 0 Å². The first-order chi connectivity index (χ1) is 9.55. The van der Waals surface area contributed by atoms with E-state index < -0.39 is 0 Å². The summed E-state index contributed by atoms with van der Waals surface area (Å²) in [5.41, 5.74) is 1.63. The number of aromatic amines is 1. The van der Waals surface area contributed by atoms with Gasteiger partial charge in [0.25, 0.3) is 0 Å². The standard InChI is InChI=1S/C14H18N2O3S/c1-16(2)8-12-13(15-14(17)20-12)10-7-9(18-3)5-6-11(10)19-4/h5-7H,8H2,1-4H3,(H,15,17). The number of rotatable bonds is 5. The molecule has 0 spiro atoms. The Labute approximate surface area is 121 Å². The number of H-pyrrole nitrogens is 1. The van der Waals surface area contributed by atoms with E-state index in [1.807, 2.05) is 37.2 Å². The van der Waals surface area contributed by atoms with Crippen molar-refractivity contribution in [2.75, 3.05) is 28.3 Å². The molecular formula is C14H18N2O3S. The van der Waals surface area contributed by atoms with Crippen LogP contribution in [-0.2, 0) is 6.54 Å². The van der Waals surface area contributed by atoms with Crippen molar-refractivity contribution in [2.24, 2.45) is 0 Å². The van der Waals surface area contributed by atoms with Crippen molar-refractivity contribution in [3.63, 3.8) is 0 Å². The highest BCUT2D eigenvalue weighted by Crippen LogP contribution is 2.35. The van der Waals surface area contributed by atoms with Gasteiger partial charge in [0.05, 0.1) is 19.9 Å². The Hall–Kier alpha value is -1.79. The van der Waals surface area contributed by atoms with Gasteiger partial charge in [0.2, 0.25) is 0 Å². The van der Waals surface area contributed by atoms with Crippen molar-refractivity contribution >= 4 is 11.3 Å². The summed E-state index contributed by atoms with van der Waals surface area (Å²) in [4.78, 5) is 17.5. The quantitative estimate of drug-likeness (QED) is 0.918. The van der Waals surface area contributed by atoms with E-state index in [-0.39, 0.29) is 4.87 Å². The number of hydrogen-bond acceptors (Lipinski definition) is 5. The fraction of sp³-hybridized carbons (Fsp3) is 0.357. The summed E-state index contributed by atoms with van der Waals surface area (Å²) in [6, 6.07) is 5.54. The number of aromatic nitrogens is 1. The second-order valence-corrected chi connectivity index (χ2v) is 5.68. The summed E-state index contributed by atoms with van der Waals surface area (Å²) in [5.74, 6) is 1.43. The van der Waals surface area contributed by atoms with Gasteiger partial charge < -0.3 is 19.4 Å². The van der Waals surface area contributed by atoms with Gasteiger partial charge in [-0.25, -0.2) is 0 Å². The van der Waals surface area contributed by atoms with Gasteiger partial charge in [0.15, 0.2) is 0 Å². The molecule has 1 aromatic heterocycles. The normalized spacial score (nSPS) is 10.8. The molecule has 0 radical (unpaired) electrons.